The summed E-state index contributed by atoms with van der Waals surface area (Å²) in [5.41, 5.74) is 2.44. The molecule has 0 aliphatic carbocycles. The van der Waals surface area contributed by atoms with Crippen LogP contribution in [0.5, 0.6) is 0 Å². The molecule has 0 spiro atoms. The molecule has 6 heteroatoms. The maximum Gasteiger partial charge on any atom is 0.243 e. The number of hydrogen-bond acceptors (Lipinski definition) is 3. The molecule has 2 aromatic carbocycles. The minimum atomic E-state index is -0.612. The van der Waals surface area contributed by atoms with Gasteiger partial charge in [-0.3, -0.25) is 4.79 Å². The number of nitrogens with zero attached hydrogens (tertiary/aromatic N) is 2. The molecule has 0 radical (unpaired) electrons. The van der Waals surface area contributed by atoms with Gasteiger partial charge in [-0.15, -0.1) is 5.10 Å². The van der Waals surface area contributed by atoms with E-state index in [1.54, 1.807) is 18.2 Å². The van der Waals surface area contributed by atoms with Gasteiger partial charge in [0.1, 0.15) is 0 Å². The van der Waals surface area contributed by atoms with Crippen LogP contribution < -0.4 is 0 Å². The second kappa shape index (κ2) is 6.22. The van der Waals surface area contributed by atoms with Gasteiger partial charge in [-0.1, -0.05) is 53.5 Å². The summed E-state index contributed by atoms with van der Waals surface area (Å²) in [6, 6.07) is 12.9. The highest BCUT2D eigenvalue weighted by atomic mass is 35.5. The number of halogens is 2. The first kappa shape index (κ1) is 15.8. The molecule has 0 saturated carbocycles. The molecule has 3 rings (SSSR count). The molecule has 1 aliphatic heterocycles. The Kier molecular flexibility index (Phi) is 4.28. The van der Waals surface area contributed by atoms with Crippen molar-refractivity contribution in [1.29, 1.82) is 0 Å². The highest BCUT2D eigenvalue weighted by molar-refractivity contribution is 6.43. The van der Waals surface area contributed by atoms with Crippen molar-refractivity contribution in [2.45, 2.75) is 20.1 Å². The van der Waals surface area contributed by atoms with Gasteiger partial charge in [-0.05, 0) is 24.6 Å². The lowest BCUT2D eigenvalue weighted by molar-refractivity contribution is -0.135. The van der Waals surface area contributed by atoms with Crippen molar-refractivity contribution in [2.24, 2.45) is 5.10 Å². The van der Waals surface area contributed by atoms with E-state index in [9.17, 15) is 4.79 Å². The van der Waals surface area contributed by atoms with Crippen molar-refractivity contribution >= 4 is 35.0 Å². The first-order chi connectivity index (χ1) is 11.0. The van der Waals surface area contributed by atoms with Crippen LogP contribution in [0.25, 0.3) is 0 Å². The van der Waals surface area contributed by atoms with Gasteiger partial charge in [0.2, 0.25) is 18.0 Å². The molecular weight excluding hydrogens is 335 g/mol. The summed E-state index contributed by atoms with van der Waals surface area (Å²) >= 11 is 12.3. The van der Waals surface area contributed by atoms with Crippen molar-refractivity contribution < 1.29 is 9.53 Å². The summed E-state index contributed by atoms with van der Waals surface area (Å²) in [7, 11) is 0. The molecule has 0 aromatic heterocycles. The van der Waals surface area contributed by atoms with Gasteiger partial charge < -0.3 is 4.74 Å². The third-order valence-corrected chi connectivity index (χ3v) is 4.42. The molecule has 1 heterocycles. The Morgan fingerprint density at radius 2 is 1.91 bits per heavy atom. The number of hydrazone groups is 1. The fourth-order valence-corrected chi connectivity index (χ4v) is 2.79. The average molecular weight is 349 g/mol. The lowest BCUT2D eigenvalue weighted by Gasteiger charge is -2.20. The van der Waals surface area contributed by atoms with Crippen LogP contribution in [-0.4, -0.2) is 16.8 Å². The molecule has 0 unspecified atom stereocenters. The van der Waals surface area contributed by atoms with Gasteiger partial charge in [-0.25, -0.2) is 0 Å². The zero-order chi connectivity index (χ0) is 16.6. The van der Waals surface area contributed by atoms with E-state index in [0.717, 1.165) is 11.1 Å². The standard InChI is InChI=1S/C17H14Cl2N2O2/c1-10-6-3-4-7-12(10)17-21(11(2)22)20-16(23-17)13-8-5-9-14(18)15(13)19/h3-9,17H,1-2H3/t17-/m0/s1. The molecular formula is C17H14Cl2N2O2. The van der Waals surface area contributed by atoms with Crippen LogP contribution in [0.1, 0.15) is 29.8 Å². The molecule has 2 aromatic rings. The molecule has 23 heavy (non-hydrogen) atoms. The van der Waals surface area contributed by atoms with Crippen LogP contribution in [0.4, 0.5) is 0 Å². The van der Waals surface area contributed by atoms with Crippen molar-refractivity contribution in [2.75, 3.05) is 0 Å². The number of amides is 1. The second-order valence-electron chi connectivity index (χ2n) is 5.20. The van der Waals surface area contributed by atoms with Crippen molar-refractivity contribution in [1.82, 2.24) is 5.01 Å². The number of rotatable bonds is 2. The third kappa shape index (κ3) is 2.92. The van der Waals surface area contributed by atoms with Crippen LogP contribution in [0.15, 0.2) is 47.6 Å². The minimum absolute atomic E-state index is 0.216. The number of benzene rings is 2. The Morgan fingerprint density at radius 3 is 2.61 bits per heavy atom. The highest BCUT2D eigenvalue weighted by Gasteiger charge is 2.34. The van der Waals surface area contributed by atoms with E-state index in [1.165, 1.54) is 11.9 Å². The van der Waals surface area contributed by atoms with Crippen molar-refractivity contribution in [3.05, 3.63) is 69.2 Å². The van der Waals surface area contributed by atoms with Gasteiger partial charge in [0.25, 0.3) is 0 Å². The predicted molar refractivity (Wildman–Crippen MR) is 90.5 cm³/mol. The normalized spacial score (nSPS) is 17.0. The topological polar surface area (TPSA) is 41.9 Å². The summed E-state index contributed by atoms with van der Waals surface area (Å²) in [4.78, 5) is 11.9. The Hall–Kier alpha value is -2.04. The molecule has 1 atom stereocenters. The van der Waals surface area contributed by atoms with E-state index in [-0.39, 0.29) is 11.8 Å². The van der Waals surface area contributed by atoms with Crippen LogP contribution in [0.3, 0.4) is 0 Å². The summed E-state index contributed by atoms with van der Waals surface area (Å²) < 4.78 is 5.94. The van der Waals surface area contributed by atoms with Gasteiger partial charge in [-0.2, -0.15) is 5.01 Å². The summed E-state index contributed by atoms with van der Waals surface area (Å²) in [6.45, 7) is 3.40. The number of ether oxygens (including phenoxy) is 1. The van der Waals surface area contributed by atoms with E-state index in [1.807, 2.05) is 31.2 Å². The second-order valence-corrected chi connectivity index (χ2v) is 5.98. The fourth-order valence-electron chi connectivity index (χ4n) is 2.41. The number of carbonyl (C=O) groups is 1. The summed E-state index contributed by atoms with van der Waals surface area (Å²) in [5, 5.41) is 6.36. The fraction of sp³-hybridized carbons (Fsp3) is 0.176. The van der Waals surface area contributed by atoms with E-state index < -0.39 is 6.23 Å². The predicted octanol–water partition coefficient (Wildman–Crippen LogP) is 4.54. The van der Waals surface area contributed by atoms with E-state index >= 15 is 0 Å². The van der Waals surface area contributed by atoms with E-state index in [4.69, 9.17) is 27.9 Å². The van der Waals surface area contributed by atoms with Crippen LogP contribution in [-0.2, 0) is 9.53 Å². The quantitative estimate of drug-likeness (QED) is 0.799. The lowest BCUT2D eigenvalue weighted by atomic mass is 10.1. The van der Waals surface area contributed by atoms with Crippen molar-refractivity contribution in [3.63, 3.8) is 0 Å². The zero-order valence-corrected chi connectivity index (χ0v) is 14.1. The molecule has 0 saturated heterocycles. The van der Waals surface area contributed by atoms with Gasteiger partial charge in [0, 0.05) is 12.5 Å². The summed E-state index contributed by atoms with van der Waals surface area (Å²) in [6.07, 6.45) is -0.612. The molecule has 0 bridgehead atoms. The Balaban J connectivity index is 2.03. The molecule has 0 N–H and O–H groups in total. The van der Waals surface area contributed by atoms with Gasteiger partial charge >= 0.3 is 0 Å². The molecule has 1 amide bonds. The Morgan fingerprint density at radius 1 is 1.17 bits per heavy atom. The number of hydrogen-bond donors (Lipinski definition) is 0. The molecule has 1 aliphatic rings. The van der Waals surface area contributed by atoms with Gasteiger partial charge in [0.15, 0.2) is 0 Å². The first-order valence-electron chi connectivity index (χ1n) is 7.04. The van der Waals surface area contributed by atoms with Gasteiger partial charge in [0.05, 0.1) is 15.6 Å². The maximum atomic E-state index is 11.9. The first-order valence-corrected chi connectivity index (χ1v) is 7.79. The van der Waals surface area contributed by atoms with E-state index in [2.05, 4.69) is 5.10 Å². The largest absolute Gasteiger partial charge is 0.446 e. The molecule has 0 fully saturated rings. The lowest BCUT2D eigenvalue weighted by Crippen LogP contribution is -2.25. The Bertz CT molecular complexity index is 805. The highest BCUT2D eigenvalue weighted by Crippen LogP contribution is 2.35. The van der Waals surface area contributed by atoms with Crippen LogP contribution >= 0.6 is 23.2 Å². The zero-order valence-electron chi connectivity index (χ0n) is 12.6. The van der Waals surface area contributed by atoms with Crippen LogP contribution in [0, 0.1) is 6.92 Å². The minimum Gasteiger partial charge on any atom is -0.446 e. The molecule has 118 valence electrons. The Labute approximate surface area is 144 Å². The maximum absolute atomic E-state index is 11.9. The average Bonchev–Trinajstić information content (AvgIpc) is 2.95. The SMILES string of the molecule is CC(=O)N1N=C(c2cccc(Cl)c2Cl)O[C@H]1c1ccccc1C. The summed E-state index contributed by atoms with van der Waals surface area (Å²) in [5.74, 6) is 0.0624. The molecule has 4 nitrogen and oxygen atoms in total. The smallest absolute Gasteiger partial charge is 0.243 e. The van der Waals surface area contributed by atoms with E-state index in [0.29, 0.717) is 15.6 Å². The number of carbonyl (C=O) groups excluding carboxylic acids is 1. The monoisotopic (exact) mass is 348 g/mol. The van der Waals surface area contributed by atoms with Crippen molar-refractivity contribution in [3.8, 4) is 0 Å². The van der Waals surface area contributed by atoms with Crippen LogP contribution in [0.2, 0.25) is 10.0 Å². The number of aryl methyl sites for hydroxylation is 1. The third-order valence-electron chi connectivity index (χ3n) is 3.60.